The summed E-state index contributed by atoms with van der Waals surface area (Å²) in [4.78, 5) is 11.9. The predicted molar refractivity (Wildman–Crippen MR) is 87.4 cm³/mol. The van der Waals surface area contributed by atoms with Crippen molar-refractivity contribution in [2.24, 2.45) is 0 Å². The fourth-order valence-electron chi connectivity index (χ4n) is 2.89. The third-order valence-electron chi connectivity index (χ3n) is 4.25. The van der Waals surface area contributed by atoms with E-state index in [4.69, 9.17) is 4.74 Å². The number of ether oxygens (including phenoxy) is 1. The molecule has 2 aromatic rings. The standard InChI is InChI=1S/C17H19N3O2S/c1-11-9-14(16(21)22-11)23-17-19-18-15(13-7-8-13)20(17)10-12-5-3-2-4-6-12/h2-6,11,13-14H,7-10H2,1H3/t11-,14+/m0/s1. The summed E-state index contributed by atoms with van der Waals surface area (Å²) < 4.78 is 7.43. The Kier molecular flexibility index (Phi) is 3.85. The van der Waals surface area contributed by atoms with Crippen LogP contribution >= 0.6 is 11.8 Å². The molecule has 23 heavy (non-hydrogen) atoms. The minimum absolute atomic E-state index is 0.00611. The van der Waals surface area contributed by atoms with E-state index in [9.17, 15) is 4.79 Å². The molecule has 5 nitrogen and oxygen atoms in total. The molecule has 0 bridgehead atoms. The molecular weight excluding hydrogens is 310 g/mol. The number of benzene rings is 1. The first-order valence-corrected chi connectivity index (χ1v) is 8.93. The Balaban J connectivity index is 1.60. The molecule has 0 radical (unpaired) electrons. The number of rotatable bonds is 5. The van der Waals surface area contributed by atoms with Crippen LogP contribution in [0.5, 0.6) is 0 Å². The number of hydrogen-bond donors (Lipinski definition) is 0. The summed E-state index contributed by atoms with van der Waals surface area (Å²) in [5, 5.41) is 9.42. The van der Waals surface area contributed by atoms with Crippen LogP contribution in [-0.4, -0.2) is 32.1 Å². The minimum Gasteiger partial charge on any atom is -0.462 e. The van der Waals surface area contributed by atoms with Gasteiger partial charge in [-0.25, -0.2) is 0 Å². The number of carbonyl (C=O) groups excluding carboxylic acids is 1. The highest BCUT2D eigenvalue weighted by atomic mass is 32.2. The van der Waals surface area contributed by atoms with Crippen molar-refractivity contribution in [2.75, 3.05) is 0 Å². The fraction of sp³-hybridized carbons (Fsp3) is 0.471. The molecule has 2 atom stereocenters. The lowest BCUT2D eigenvalue weighted by atomic mass is 10.2. The molecule has 1 aromatic carbocycles. The van der Waals surface area contributed by atoms with Gasteiger partial charge in [0.1, 0.15) is 17.2 Å². The minimum atomic E-state index is -0.171. The van der Waals surface area contributed by atoms with E-state index in [0.29, 0.717) is 5.92 Å². The molecule has 2 heterocycles. The molecule has 0 unspecified atom stereocenters. The SMILES string of the molecule is C[C@H]1C[C@@H](Sc2nnc(C3CC3)n2Cc2ccccc2)C(=O)O1. The van der Waals surface area contributed by atoms with Gasteiger partial charge < -0.3 is 9.30 Å². The van der Waals surface area contributed by atoms with Gasteiger partial charge in [0.2, 0.25) is 0 Å². The number of cyclic esters (lactones) is 1. The first kappa shape index (κ1) is 14.8. The Labute approximate surface area is 139 Å². The zero-order valence-corrected chi connectivity index (χ0v) is 13.8. The molecule has 120 valence electrons. The van der Waals surface area contributed by atoms with Crippen LogP contribution < -0.4 is 0 Å². The second kappa shape index (κ2) is 6.00. The van der Waals surface area contributed by atoms with E-state index in [2.05, 4.69) is 26.9 Å². The Morgan fingerprint density at radius 1 is 1.26 bits per heavy atom. The van der Waals surface area contributed by atoms with Crippen molar-refractivity contribution in [3.63, 3.8) is 0 Å². The van der Waals surface area contributed by atoms with Crippen LogP contribution in [0.15, 0.2) is 35.5 Å². The molecule has 1 aliphatic heterocycles. The van der Waals surface area contributed by atoms with Gasteiger partial charge in [0.25, 0.3) is 0 Å². The van der Waals surface area contributed by atoms with Gasteiger partial charge in [0.15, 0.2) is 5.16 Å². The van der Waals surface area contributed by atoms with Crippen LogP contribution in [0, 0.1) is 0 Å². The van der Waals surface area contributed by atoms with Crippen molar-refractivity contribution >= 4 is 17.7 Å². The van der Waals surface area contributed by atoms with Crippen LogP contribution in [0.3, 0.4) is 0 Å². The van der Waals surface area contributed by atoms with Crippen LogP contribution in [-0.2, 0) is 16.1 Å². The Morgan fingerprint density at radius 3 is 2.70 bits per heavy atom. The van der Waals surface area contributed by atoms with Crippen molar-refractivity contribution in [3.8, 4) is 0 Å². The van der Waals surface area contributed by atoms with Gasteiger partial charge in [-0.1, -0.05) is 42.1 Å². The number of hydrogen-bond acceptors (Lipinski definition) is 5. The summed E-state index contributed by atoms with van der Waals surface area (Å²) >= 11 is 1.49. The molecule has 1 saturated heterocycles. The number of thioether (sulfide) groups is 1. The lowest BCUT2D eigenvalue weighted by molar-refractivity contribution is -0.140. The van der Waals surface area contributed by atoms with Gasteiger partial charge in [-0.05, 0) is 25.3 Å². The maximum absolute atomic E-state index is 11.9. The molecule has 2 fully saturated rings. The maximum Gasteiger partial charge on any atom is 0.319 e. The molecule has 0 N–H and O–H groups in total. The molecule has 1 aromatic heterocycles. The zero-order chi connectivity index (χ0) is 15.8. The van der Waals surface area contributed by atoms with Crippen molar-refractivity contribution in [1.82, 2.24) is 14.8 Å². The molecule has 1 saturated carbocycles. The molecule has 4 rings (SSSR count). The molecule has 0 spiro atoms. The first-order chi connectivity index (χ1) is 11.2. The third-order valence-corrected chi connectivity index (χ3v) is 5.43. The Hall–Kier alpha value is -1.82. The van der Waals surface area contributed by atoms with E-state index < -0.39 is 0 Å². The topological polar surface area (TPSA) is 57.0 Å². The molecule has 0 amide bonds. The summed E-state index contributed by atoms with van der Waals surface area (Å²) in [6, 6.07) is 10.3. The van der Waals surface area contributed by atoms with Crippen molar-refractivity contribution in [1.29, 1.82) is 0 Å². The Bertz CT molecular complexity index is 712. The van der Waals surface area contributed by atoms with Crippen molar-refractivity contribution in [3.05, 3.63) is 41.7 Å². The highest BCUT2D eigenvalue weighted by Crippen LogP contribution is 2.41. The van der Waals surface area contributed by atoms with Crippen LogP contribution in [0.4, 0.5) is 0 Å². The second-order valence-corrected chi connectivity index (χ2v) is 7.45. The monoisotopic (exact) mass is 329 g/mol. The van der Waals surface area contributed by atoms with Gasteiger partial charge in [-0.2, -0.15) is 0 Å². The van der Waals surface area contributed by atoms with Crippen LogP contribution in [0.1, 0.15) is 43.5 Å². The quantitative estimate of drug-likeness (QED) is 0.789. The lowest BCUT2D eigenvalue weighted by Crippen LogP contribution is -2.12. The van der Waals surface area contributed by atoms with Gasteiger partial charge >= 0.3 is 5.97 Å². The van der Waals surface area contributed by atoms with Gasteiger partial charge in [0.05, 0.1) is 6.54 Å². The van der Waals surface area contributed by atoms with E-state index in [0.717, 1.165) is 23.9 Å². The number of carbonyl (C=O) groups is 1. The second-order valence-electron chi connectivity index (χ2n) is 6.28. The normalized spacial score (nSPS) is 24.0. The summed E-state index contributed by atoms with van der Waals surface area (Å²) in [5.74, 6) is 1.44. The molecule has 6 heteroatoms. The Morgan fingerprint density at radius 2 is 2.04 bits per heavy atom. The van der Waals surface area contributed by atoms with Crippen LogP contribution in [0.25, 0.3) is 0 Å². The van der Waals surface area contributed by atoms with E-state index >= 15 is 0 Å². The van der Waals surface area contributed by atoms with E-state index in [1.807, 2.05) is 25.1 Å². The summed E-state index contributed by atoms with van der Waals surface area (Å²) in [5.41, 5.74) is 1.22. The van der Waals surface area contributed by atoms with E-state index in [1.165, 1.54) is 30.2 Å². The van der Waals surface area contributed by atoms with Gasteiger partial charge in [0, 0.05) is 12.3 Å². The third kappa shape index (κ3) is 3.13. The van der Waals surface area contributed by atoms with E-state index in [1.54, 1.807) is 0 Å². The molecule has 2 aliphatic rings. The van der Waals surface area contributed by atoms with Crippen molar-refractivity contribution in [2.45, 2.75) is 55.2 Å². The van der Waals surface area contributed by atoms with Gasteiger partial charge in [-0.15, -0.1) is 10.2 Å². The largest absolute Gasteiger partial charge is 0.462 e. The average molecular weight is 329 g/mol. The smallest absolute Gasteiger partial charge is 0.319 e. The van der Waals surface area contributed by atoms with Crippen LogP contribution in [0.2, 0.25) is 0 Å². The highest BCUT2D eigenvalue weighted by Gasteiger charge is 2.36. The van der Waals surface area contributed by atoms with Crippen molar-refractivity contribution < 1.29 is 9.53 Å². The molecule has 1 aliphatic carbocycles. The summed E-state index contributed by atoms with van der Waals surface area (Å²) in [6.45, 7) is 2.68. The zero-order valence-electron chi connectivity index (χ0n) is 13.0. The summed E-state index contributed by atoms with van der Waals surface area (Å²) in [6.07, 6.45) is 3.09. The highest BCUT2D eigenvalue weighted by molar-refractivity contribution is 8.00. The average Bonchev–Trinajstić information content (AvgIpc) is 3.24. The number of aromatic nitrogens is 3. The van der Waals surface area contributed by atoms with E-state index in [-0.39, 0.29) is 17.3 Å². The van der Waals surface area contributed by atoms with Gasteiger partial charge in [-0.3, -0.25) is 4.79 Å². The lowest BCUT2D eigenvalue weighted by Gasteiger charge is -2.11. The predicted octanol–water partition coefficient (Wildman–Crippen LogP) is 3.00. The number of esters is 1. The summed E-state index contributed by atoms with van der Waals surface area (Å²) in [7, 11) is 0. The maximum atomic E-state index is 11.9. The first-order valence-electron chi connectivity index (χ1n) is 8.05. The molecular formula is C17H19N3O2S. The fourth-order valence-corrected chi connectivity index (χ4v) is 4.04. The number of nitrogens with zero attached hydrogens (tertiary/aromatic N) is 3.